The van der Waals surface area contributed by atoms with Crippen molar-refractivity contribution in [2.24, 2.45) is 0 Å². The average molecular weight is 267 g/mol. The van der Waals surface area contributed by atoms with Crippen molar-refractivity contribution in [1.29, 1.82) is 0 Å². The van der Waals surface area contributed by atoms with Crippen LogP contribution in [0.4, 0.5) is 5.69 Å². The standard InChI is InChI=1S/C10H13N5O2S/c1-10(2,3)8-12-9(18-14-8)15-4-5(11)6(13-15)7(16)17/h4H,11H2,1-3H3,(H,16,17). The number of carbonyl (C=O) groups is 1. The number of hydrogen-bond acceptors (Lipinski definition) is 6. The van der Waals surface area contributed by atoms with E-state index in [9.17, 15) is 4.79 Å². The molecule has 0 aromatic carbocycles. The van der Waals surface area contributed by atoms with Gasteiger partial charge in [-0.25, -0.2) is 14.5 Å². The van der Waals surface area contributed by atoms with Gasteiger partial charge in [-0.1, -0.05) is 20.8 Å². The van der Waals surface area contributed by atoms with Crippen molar-refractivity contribution >= 4 is 23.2 Å². The quantitative estimate of drug-likeness (QED) is 0.849. The van der Waals surface area contributed by atoms with E-state index in [1.165, 1.54) is 10.9 Å². The summed E-state index contributed by atoms with van der Waals surface area (Å²) in [6, 6.07) is 0. The van der Waals surface area contributed by atoms with Crippen LogP contribution in [0.3, 0.4) is 0 Å². The van der Waals surface area contributed by atoms with E-state index >= 15 is 0 Å². The lowest BCUT2D eigenvalue weighted by atomic mass is 9.96. The van der Waals surface area contributed by atoms with Crippen LogP contribution in [0.25, 0.3) is 5.13 Å². The molecule has 3 N–H and O–H groups in total. The fraction of sp³-hybridized carbons (Fsp3) is 0.400. The van der Waals surface area contributed by atoms with E-state index in [0.29, 0.717) is 11.0 Å². The van der Waals surface area contributed by atoms with E-state index in [2.05, 4.69) is 14.5 Å². The molecule has 2 aromatic rings. The lowest BCUT2D eigenvalue weighted by molar-refractivity contribution is 0.0691. The van der Waals surface area contributed by atoms with Crippen LogP contribution in [0.1, 0.15) is 37.1 Å². The van der Waals surface area contributed by atoms with Crippen LogP contribution in [-0.4, -0.2) is 30.2 Å². The Bertz CT molecular complexity index is 596. The summed E-state index contributed by atoms with van der Waals surface area (Å²) in [5, 5.41) is 13.2. The van der Waals surface area contributed by atoms with Gasteiger partial charge in [0.2, 0.25) is 5.13 Å². The smallest absolute Gasteiger partial charge is 0.358 e. The third-order valence-electron chi connectivity index (χ3n) is 2.23. The summed E-state index contributed by atoms with van der Waals surface area (Å²) in [5.74, 6) is -0.472. The van der Waals surface area contributed by atoms with Crippen molar-refractivity contribution in [1.82, 2.24) is 19.1 Å². The number of carboxylic acids is 1. The van der Waals surface area contributed by atoms with E-state index in [-0.39, 0.29) is 16.8 Å². The molecule has 7 nitrogen and oxygen atoms in total. The van der Waals surface area contributed by atoms with E-state index in [1.54, 1.807) is 0 Å². The first-order chi connectivity index (χ1) is 8.29. The summed E-state index contributed by atoms with van der Waals surface area (Å²) < 4.78 is 5.57. The third-order valence-corrected chi connectivity index (χ3v) is 2.93. The molecule has 2 heterocycles. The van der Waals surface area contributed by atoms with Gasteiger partial charge >= 0.3 is 5.97 Å². The number of aromatic carboxylic acids is 1. The second-order valence-electron chi connectivity index (χ2n) is 4.83. The highest BCUT2D eigenvalue weighted by molar-refractivity contribution is 7.08. The minimum Gasteiger partial charge on any atom is -0.476 e. The fourth-order valence-electron chi connectivity index (χ4n) is 1.26. The van der Waals surface area contributed by atoms with Crippen LogP contribution in [0.5, 0.6) is 0 Å². The zero-order valence-corrected chi connectivity index (χ0v) is 11.0. The second kappa shape index (κ2) is 4.05. The first-order valence-corrected chi connectivity index (χ1v) is 5.99. The molecule has 0 unspecified atom stereocenters. The monoisotopic (exact) mass is 267 g/mol. The molecule has 0 aliphatic carbocycles. The Balaban J connectivity index is 2.41. The summed E-state index contributed by atoms with van der Waals surface area (Å²) in [6.45, 7) is 6.00. The predicted molar refractivity (Wildman–Crippen MR) is 67.1 cm³/mol. The zero-order chi connectivity index (χ0) is 13.5. The number of rotatable bonds is 2. The number of hydrogen-bond donors (Lipinski definition) is 2. The summed E-state index contributed by atoms with van der Waals surface area (Å²) in [5.41, 5.74) is 5.33. The lowest BCUT2D eigenvalue weighted by Gasteiger charge is -2.11. The predicted octanol–water partition coefficient (Wildman–Crippen LogP) is 1.30. The van der Waals surface area contributed by atoms with E-state index in [1.807, 2.05) is 20.8 Å². The molecular formula is C10H13N5O2S. The highest BCUT2D eigenvalue weighted by Crippen LogP contribution is 2.23. The zero-order valence-electron chi connectivity index (χ0n) is 10.2. The van der Waals surface area contributed by atoms with Gasteiger partial charge in [-0.3, -0.25) is 0 Å². The minimum absolute atomic E-state index is 0.106. The molecule has 0 fully saturated rings. The fourth-order valence-corrected chi connectivity index (χ4v) is 2.05. The number of carboxylic acid groups (broad SMARTS) is 1. The topological polar surface area (TPSA) is 107 Å². The van der Waals surface area contributed by atoms with Gasteiger partial charge < -0.3 is 10.8 Å². The highest BCUT2D eigenvalue weighted by Gasteiger charge is 2.21. The largest absolute Gasteiger partial charge is 0.476 e. The van der Waals surface area contributed by atoms with Crippen LogP contribution in [0, 0.1) is 0 Å². The van der Waals surface area contributed by atoms with Gasteiger partial charge in [0.05, 0.1) is 11.9 Å². The first-order valence-electron chi connectivity index (χ1n) is 5.22. The van der Waals surface area contributed by atoms with Gasteiger partial charge in [-0.2, -0.15) is 9.47 Å². The summed E-state index contributed by atoms with van der Waals surface area (Å²) in [6.07, 6.45) is 1.43. The molecule has 0 bridgehead atoms. The van der Waals surface area contributed by atoms with Gasteiger partial charge in [-0.15, -0.1) is 0 Å². The molecule has 0 aliphatic heterocycles. The number of nitrogens with two attached hydrogens (primary N) is 1. The Morgan fingerprint density at radius 2 is 2.17 bits per heavy atom. The molecule has 8 heteroatoms. The Hall–Kier alpha value is -1.96. The molecule has 96 valence electrons. The van der Waals surface area contributed by atoms with Crippen molar-refractivity contribution in [2.45, 2.75) is 26.2 Å². The molecular weight excluding hydrogens is 254 g/mol. The third kappa shape index (κ3) is 2.19. The van der Waals surface area contributed by atoms with Gasteiger partial charge in [0.25, 0.3) is 0 Å². The second-order valence-corrected chi connectivity index (χ2v) is 5.56. The Morgan fingerprint density at radius 3 is 2.61 bits per heavy atom. The Morgan fingerprint density at radius 1 is 1.50 bits per heavy atom. The van der Waals surface area contributed by atoms with Crippen molar-refractivity contribution in [3.63, 3.8) is 0 Å². The van der Waals surface area contributed by atoms with Crippen LogP contribution >= 0.6 is 11.5 Å². The van der Waals surface area contributed by atoms with Gasteiger partial charge in [0.15, 0.2) is 5.69 Å². The van der Waals surface area contributed by atoms with Crippen molar-refractivity contribution in [3.05, 3.63) is 17.7 Å². The molecule has 0 radical (unpaired) electrons. The van der Waals surface area contributed by atoms with Gasteiger partial charge in [0.1, 0.15) is 5.82 Å². The van der Waals surface area contributed by atoms with Gasteiger partial charge in [-0.05, 0) is 0 Å². The van der Waals surface area contributed by atoms with E-state index in [0.717, 1.165) is 11.5 Å². The maximum atomic E-state index is 10.8. The van der Waals surface area contributed by atoms with Crippen molar-refractivity contribution in [2.75, 3.05) is 5.73 Å². The molecule has 0 amide bonds. The van der Waals surface area contributed by atoms with Crippen LogP contribution in [0.2, 0.25) is 0 Å². The lowest BCUT2D eigenvalue weighted by Crippen LogP contribution is -2.13. The maximum absolute atomic E-state index is 10.8. The van der Waals surface area contributed by atoms with E-state index in [4.69, 9.17) is 10.8 Å². The molecule has 2 aromatic heterocycles. The Labute approximate surface area is 107 Å². The molecule has 0 saturated carbocycles. The number of aromatic nitrogens is 4. The van der Waals surface area contributed by atoms with Crippen LogP contribution in [0.15, 0.2) is 6.20 Å². The summed E-state index contributed by atoms with van der Waals surface area (Å²) >= 11 is 1.15. The maximum Gasteiger partial charge on any atom is 0.358 e. The number of nitrogen functional groups attached to an aromatic ring is 1. The molecule has 0 atom stereocenters. The Kier molecular flexibility index (Phi) is 2.81. The number of nitrogens with zero attached hydrogens (tertiary/aromatic N) is 4. The molecule has 0 spiro atoms. The highest BCUT2D eigenvalue weighted by atomic mass is 32.1. The number of anilines is 1. The molecule has 2 rings (SSSR count). The van der Waals surface area contributed by atoms with E-state index < -0.39 is 5.97 Å². The summed E-state index contributed by atoms with van der Waals surface area (Å²) in [4.78, 5) is 15.2. The first kappa shape index (κ1) is 12.5. The molecule has 18 heavy (non-hydrogen) atoms. The minimum atomic E-state index is -1.16. The normalized spacial score (nSPS) is 11.7. The van der Waals surface area contributed by atoms with Crippen molar-refractivity contribution < 1.29 is 9.90 Å². The summed E-state index contributed by atoms with van der Waals surface area (Å²) in [7, 11) is 0. The van der Waals surface area contributed by atoms with Crippen LogP contribution < -0.4 is 5.73 Å². The van der Waals surface area contributed by atoms with Crippen molar-refractivity contribution in [3.8, 4) is 5.13 Å². The molecule has 0 aliphatic rings. The average Bonchev–Trinajstić information content (AvgIpc) is 2.81. The molecule has 0 saturated heterocycles. The van der Waals surface area contributed by atoms with Crippen LogP contribution in [-0.2, 0) is 5.41 Å². The SMILES string of the molecule is CC(C)(C)c1nsc(-n2cc(N)c(C(=O)O)n2)n1. The van der Waals surface area contributed by atoms with Gasteiger partial charge in [0, 0.05) is 16.9 Å².